The van der Waals surface area contributed by atoms with Gasteiger partial charge in [-0.25, -0.2) is 0 Å². The second-order valence-corrected chi connectivity index (χ2v) is 5.73. The Morgan fingerprint density at radius 1 is 1.10 bits per heavy atom. The lowest BCUT2D eigenvalue weighted by atomic mass is 10.3. The largest absolute Gasteiger partial charge is 0.379 e. The van der Waals surface area contributed by atoms with Gasteiger partial charge in [0.05, 0.1) is 4.92 Å². The van der Waals surface area contributed by atoms with Gasteiger partial charge in [-0.1, -0.05) is 17.7 Å². The molecule has 0 saturated heterocycles. The lowest BCUT2D eigenvalue weighted by Crippen LogP contribution is -2.09. The van der Waals surface area contributed by atoms with Crippen molar-refractivity contribution in [2.24, 2.45) is 0 Å². The summed E-state index contributed by atoms with van der Waals surface area (Å²) < 4.78 is 28.8. The van der Waals surface area contributed by atoms with Gasteiger partial charge in [-0.2, -0.15) is 8.42 Å². The first kappa shape index (κ1) is 14.3. The van der Waals surface area contributed by atoms with Gasteiger partial charge in [0.1, 0.15) is 10.6 Å². The van der Waals surface area contributed by atoms with Crippen molar-refractivity contribution >= 4 is 27.4 Å². The molecule has 0 spiro atoms. The van der Waals surface area contributed by atoms with Crippen LogP contribution in [0.4, 0.5) is 5.69 Å². The topological polar surface area (TPSA) is 86.5 Å². The molecule has 6 nitrogen and oxygen atoms in total. The van der Waals surface area contributed by atoms with Crippen molar-refractivity contribution in [2.45, 2.75) is 4.90 Å². The molecule has 2 aromatic carbocycles. The molecule has 2 rings (SSSR count). The first-order valence-corrected chi connectivity index (χ1v) is 7.11. The zero-order valence-corrected chi connectivity index (χ0v) is 11.5. The van der Waals surface area contributed by atoms with E-state index in [1.165, 1.54) is 42.5 Å². The minimum absolute atomic E-state index is 0.0703. The average Bonchev–Trinajstić information content (AvgIpc) is 2.41. The molecule has 0 N–H and O–H groups in total. The number of hydrogen-bond donors (Lipinski definition) is 0. The summed E-state index contributed by atoms with van der Waals surface area (Å²) in [5.41, 5.74) is -0.328. The highest BCUT2D eigenvalue weighted by Gasteiger charge is 2.19. The first-order chi connectivity index (χ1) is 9.38. The average molecular weight is 314 g/mol. The molecular weight excluding hydrogens is 306 g/mol. The van der Waals surface area contributed by atoms with Crippen LogP contribution in [0, 0.1) is 10.1 Å². The fraction of sp³-hybridized carbons (Fsp3) is 0. The van der Waals surface area contributed by atoms with Gasteiger partial charge in [0.2, 0.25) is 0 Å². The van der Waals surface area contributed by atoms with Gasteiger partial charge in [-0.15, -0.1) is 0 Å². The van der Waals surface area contributed by atoms with Crippen LogP contribution in [0.15, 0.2) is 53.4 Å². The van der Waals surface area contributed by atoms with Gasteiger partial charge in [-0.3, -0.25) is 10.1 Å². The number of nitrogens with zero attached hydrogens (tertiary/aromatic N) is 1. The fourth-order valence-electron chi connectivity index (χ4n) is 1.42. The third-order valence-electron chi connectivity index (χ3n) is 2.34. The van der Waals surface area contributed by atoms with Crippen molar-refractivity contribution in [3.8, 4) is 5.75 Å². The Labute approximate surface area is 119 Å². The summed E-state index contributed by atoms with van der Waals surface area (Å²) in [5, 5.41) is 11.1. The Hall–Kier alpha value is -2.12. The van der Waals surface area contributed by atoms with Gasteiger partial charge in [0, 0.05) is 17.2 Å². The number of nitro groups is 1. The highest BCUT2D eigenvalue weighted by molar-refractivity contribution is 7.87. The predicted molar refractivity (Wildman–Crippen MR) is 72.4 cm³/mol. The van der Waals surface area contributed by atoms with Crippen LogP contribution in [0.5, 0.6) is 5.75 Å². The van der Waals surface area contributed by atoms with E-state index in [9.17, 15) is 18.5 Å². The summed E-state index contributed by atoms with van der Waals surface area (Å²) in [5.74, 6) is 0.0703. The Kier molecular flexibility index (Phi) is 3.91. The van der Waals surface area contributed by atoms with Crippen LogP contribution in [0.3, 0.4) is 0 Å². The lowest BCUT2D eigenvalue weighted by molar-refractivity contribution is -0.385. The molecule has 0 radical (unpaired) electrons. The van der Waals surface area contributed by atoms with E-state index < -0.39 is 15.0 Å². The standard InChI is InChI=1S/C12H8ClNO5S/c13-9-4-6-11(7-5-9)19-20(17,18)12-3-1-2-10(8-12)14(15)16/h1-8H. The maximum absolute atomic E-state index is 12.0. The summed E-state index contributed by atoms with van der Waals surface area (Å²) in [6.07, 6.45) is 0. The van der Waals surface area contributed by atoms with E-state index in [1.54, 1.807) is 0 Å². The second kappa shape index (κ2) is 5.48. The number of non-ortho nitro benzene ring substituents is 1. The summed E-state index contributed by atoms with van der Waals surface area (Å²) in [4.78, 5) is 9.66. The molecule has 0 fully saturated rings. The lowest BCUT2D eigenvalue weighted by Gasteiger charge is -2.06. The number of rotatable bonds is 4. The highest BCUT2D eigenvalue weighted by Crippen LogP contribution is 2.23. The van der Waals surface area contributed by atoms with Gasteiger partial charge < -0.3 is 4.18 Å². The van der Waals surface area contributed by atoms with Crippen LogP contribution < -0.4 is 4.18 Å². The molecule has 8 heteroatoms. The van der Waals surface area contributed by atoms with Crippen LogP contribution in [-0.2, 0) is 10.1 Å². The number of benzene rings is 2. The van der Waals surface area contributed by atoms with Crippen molar-refractivity contribution in [3.05, 3.63) is 63.7 Å². The van der Waals surface area contributed by atoms with E-state index in [1.807, 2.05) is 0 Å². The molecule has 0 aliphatic rings. The third-order valence-corrected chi connectivity index (χ3v) is 3.83. The second-order valence-electron chi connectivity index (χ2n) is 3.75. The molecule has 0 amide bonds. The van der Waals surface area contributed by atoms with E-state index in [-0.39, 0.29) is 16.3 Å². The maximum Gasteiger partial charge on any atom is 0.339 e. The molecule has 0 atom stereocenters. The Balaban J connectivity index is 2.33. The summed E-state index contributed by atoms with van der Waals surface area (Å²) >= 11 is 5.68. The monoisotopic (exact) mass is 313 g/mol. The molecular formula is C12H8ClNO5S. The van der Waals surface area contributed by atoms with E-state index in [0.717, 1.165) is 6.07 Å². The van der Waals surface area contributed by atoms with Crippen molar-refractivity contribution in [1.29, 1.82) is 0 Å². The smallest absolute Gasteiger partial charge is 0.339 e. The maximum atomic E-state index is 12.0. The van der Waals surface area contributed by atoms with E-state index in [0.29, 0.717) is 5.02 Å². The van der Waals surface area contributed by atoms with Gasteiger partial charge >= 0.3 is 10.1 Å². The SMILES string of the molecule is O=[N+]([O-])c1cccc(S(=O)(=O)Oc2ccc(Cl)cc2)c1. The quantitative estimate of drug-likeness (QED) is 0.492. The molecule has 2 aromatic rings. The van der Waals surface area contributed by atoms with Crippen molar-refractivity contribution in [1.82, 2.24) is 0 Å². The molecule has 0 aliphatic heterocycles. The summed E-state index contributed by atoms with van der Waals surface area (Å²) in [6, 6.07) is 10.3. The zero-order chi connectivity index (χ0) is 14.8. The van der Waals surface area contributed by atoms with E-state index in [4.69, 9.17) is 15.8 Å². The molecule has 0 unspecified atom stereocenters. The zero-order valence-electron chi connectivity index (χ0n) is 9.89. The van der Waals surface area contributed by atoms with Crippen LogP contribution in [-0.4, -0.2) is 13.3 Å². The van der Waals surface area contributed by atoms with E-state index in [2.05, 4.69) is 0 Å². The van der Waals surface area contributed by atoms with Crippen LogP contribution >= 0.6 is 11.6 Å². The summed E-state index contributed by atoms with van der Waals surface area (Å²) in [7, 11) is -4.13. The molecule has 0 bridgehead atoms. The molecule has 0 aromatic heterocycles. The van der Waals surface area contributed by atoms with Crippen LogP contribution in [0.1, 0.15) is 0 Å². The van der Waals surface area contributed by atoms with E-state index >= 15 is 0 Å². The normalized spacial score (nSPS) is 11.1. The summed E-state index contributed by atoms with van der Waals surface area (Å²) in [6.45, 7) is 0. The number of nitro benzene ring substituents is 1. The Morgan fingerprint density at radius 3 is 2.35 bits per heavy atom. The van der Waals surface area contributed by atoms with Gasteiger partial charge in [0.25, 0.3) is 5.69 Å². The fourth-order valence-corrected chi connectivity index (χ4v) is 2.51. The van der Waals surface area contributed by atoms with Crippen molar-refractivity contribution in [3.63, 3.8) is 0 Å². The van der Waals surface area contributed by atoms with Crippen LogP contribution in [0.2, 0.25) is 5.02 Å². The van der Waals surface area contributed by atoms with Crippen LogP contribution in [0.25, 0.3) is 0 Å². The molecule has 20 heavy (non-hydrogen) atoms. The number of halogens is 1. The van der Waals surface area contributed by atoms with Gasteiger partial charge in [-0.05, 0) is 30.3 Å². The Morgan fingerprint density at radius 2 is 1.75 bits per heavy atom. The Bertz CT molecular complexity index is 743. The highest BCUT2D eigenvalue weighted by atomic mass is 35.5. The van der Waals surface area contributed by atoms with Crippen molar-refractivity contribution < 1.29 is 17.5 Å². The minimum Gasteiger partial charge on any atom is -0.379 e. The molecule has 0 heterocycles. The molecule has 104 valence electrons. The minimum atomic E-state index is -4.13. The number of hydrogen-bond acceptors (Lipinski definition) is 5. The van der Waals surface area contributed by atoms with Gasteiger partial charge in [0.15, 0.2) is 0 Å². The molecule has 0 aliphatic carbocycles. The first-order valence-electron chi connectivity index (χ1n) is 5.33. The van der Waals surface area contributed by atoms with Crippen molar-refractivity contribution in [2.75, 3.05) is 0 Å². The predicted octanol–water partition coefficient (Wildman–Crippen LogP) is 3.02. The molecule has 0 saturated carbocycles. The third kappa shape index (κ3) is 3.25.